The van der Waals surface area contributed by atoms with E-state index in [0.29, 0.717) is 0 Å². The molecule has 38 heavy (non-hydrogen) atoms. The minimum atomic E-state index is 0.891. The van der Waals surface area contributed by atoms with Crippen LogP contribution in [0.5, 0.6) is 0 Å². The number of aromatic amines is 2. The van der Waals surface area contributed by atoms with Gasteiger partial charge in [-0.25, -0.2) is 0 Å². The number of nitrogens with one attached hydrogen (secondary N) is 2. The predicted octanol–water partition coefficient (Wildman–Crippen LogP) is 7.17. The summed E-state index contributed by atoms with van der Waals surface area (Å²) in [5, 5.41) is 10.0. The summed E-state index contributed by atoms with van der Waals surface area (Å²) in [4.78, 5) is 15.0. The molecule has 5 heterocycles. The fourth-order valence-corrected chi connectivity index (χ4v) is 5.45. The highest BCUT2D eigenvalue weighted by Gasteiger charge is 2.16. The summed E-state index contributed by atoms with van der Waals surface area (Å²) in [5.41, 5.74) is 9.42. The summed E-state index contributed by atoms with van der Waals surface area (Å²) in [5.74, 6) is 0. The first-order valence-electron chi connectivity index (χ1n) is 13.3. The topological polar surface area (TPSA) is 73.5 Å². The van der Waals surface area contributed by atoms with Gasteiger partial charge in [-0.15, -0.1) is 0 Å². The highest BCUT2D eigenvalue weighted by Crippen LogP contribution is 2.34. The maximum atomic E-state index is 4.70. The number of nitrogens with zero attached hydrogens (tertiary/aromatic N) is 4. The molecule has 2 N–H and O–H groups in total. The Morgan fingerprint density at radius 1 is 1.00 bits per heavy atom. The smallest absolute Gasteiger partial charge is 0.116 e. The van der Waals surface area contributed by atoms with E-state index < -0.39 is 0 Å². The average Bonchev–Trinajstić information content (AvgIpc) is 3.57. The Hall–Kier alpha value is -4.29. The summed E-state index contributed by atoms with van der Waals surface area (Å²) in [6.07, 6.45) is 15.7. The Morgan fingerprint density at radius 3 is 2.68 bits per heavy atom. The molecule has 5 aromatic rings. The third-order valence-corrected chi connectivity index (χ3v) is 7.26. The van der Waals surface area contributed by atoms with E-state index in [2.05, 4.69) is 74.9 Å². The van der Waals surface area contributed by atoms with Crippen LogP contribution in [0.25, 0.3) is 50.0 Å². The second kappa shape index (κ2) is 10.6. The van der Waals surface area contributed by atoms with Crippen LogP contribution in [0.2, 0.25) is 0 Å². The molecule has 0 saturated carbocycles. The van der Waals surface area contributed by atoms with Crippen LogP contribution in [-0.4, -0.2) is 49.7 Å². The molecule has 1 aliphatic rings. The lowest BCUT2D eigenvalue weighted by molar-refractivity contribution is 0.246. The fraction of sp³-hybridized carbons (Fsp3) is 0.219. The summed E-state index contributed by atoms with van der Waals surface area (Å²) >= 11 is 0. The minimum Gasteiger partial charge on any atom is -0.353 e. The number of piperidine rings is 1. The number of fused-ring (bicyclic) bond motifs is 2. The van der Waals surface area contributed by atoms with Crippen molar-refractivity contribution in [1.29, 1.82) is 0 Å². The van der Waals surface area contributed by atoms with Gasteiger partial charge in [0, 0.05) is 47.0 Å². The predicted molar refractivity (Wildman–Crippen MR) is 157 cm³/mol. The molecular weight excluding hydrogens is 468 g/mol. The van der Waals surface area contributed by atoms with Crippen LogP contribution >= 0.6 is 0 Å². The van der Waals surface area contributed by atoms with Crippen LogP contribution in [0.15, 0.2) is 91.4 Å². The number of H-pyrrole nitrogens is 2. The van der Waals surface area contributed by atoms with E-state index in [9.17, 15) is 0 Å². The molecule has 1 aromatic carbocycles. The SMILES string of the molecule is C=C/C=C(\C=C(/C)CN1CCCCC1)c1ccc2[nH]nc(-c3cc4c(-c5cccnc5)nccc4[nH]3)c2c1. The number of benzene rings is 1. The number of aromatic nitrogens is 5. The molecule has 1 saturated heterocycles. The molecular formula is C32H32N6. The Bertz CT molecular complexity index is 1650. The molecule has 1 fully saturated rings. The molecule has 0 radical (unpaired) electrons. The van der Waals surface area contributed by atoms with Crippen LogP contribution in [-0.2, 0) is 0 Å². The first kappa shape index (κ1) is 24.1. The fourth-order valence-electron chi connectivity index (χ4n) is 5.45. The summed E-state index contributed by atoms with van der Waals surface area (Å²) < 4.78 is 0. The minimum absolute atomic E-state index is 0.891. The molecule has 6 nitrogen and oxygen atoms in total. The van der Waals surface area contributed by atoms with Gasteiger partial charge in [0.2, 0.25) is 0 Å². The van der Waals surface area contributed by atoms with Crippen LogP contribution in [0.3, 0.4) is 0 Å². The summed E-state index contributed by atoms with van der Waals surface area (Å²) in [6.45, 7) is 9.60. The zero-order valence-corrected chi connectivity index (χ0v) is 21.7. The van der Waals surface area contributed by atoms with Crippen LogP contribution in [0, 0.1) is 0 Å². The van der Waals surface area contributed by atoms with Gasteiger partial charge in [-0.3, -0.25) is 20.0 Å². The van der Waals surface area contributed by atoms with Gasteiger partial charge in [0.25, 0.3) is 0 Å². The molecule has 0 spiro atoms. The number of likely N-dealkylation sites (tertiary alicyclic amines) is 1. The van der Waals surface area contributed by atoms with E-state index in [1.165, 1.54) is 37.9 Å². The van der Waals surface area contributed by atoms with Gasteiger partial charge in [0.1, 0.15) is 5.69 Å². The number of allylic oxidation sites excluding steroid dienone is 4. The lowest BCUT2D eigenvalue weighted by Gasteiger charge is -2.26. The van der Waals surface area contributed by atoms with Gasteiger partial charge in [-0.05, 0) is 80.4 Å². The van der Waals surface area contributed by atoms with Gasteiger partial charge < -0.3 is 4.98 Å². The average molecular weight is 501 g/mol. The molecule has 1 aliphatic heterocycles. The Labute approximate surface area is 222 Å². The molecule has 0 aliphatic carbocycles. The molecule has 190 valence electrons. The van der Waals surface area contributed by atoms with Crippen molar-refractivity contribution in [2.75, 3.05) is 19.6 Å². The maximum Gasteiger partial charge on any atom is 0.116 e. The van der Waals surface area contributed by atoms with Crippen molar-refractivity contribution in [2.45, 2.75) is 26.2 Å². The van der Waals surface area contributed by atoms with E-state index in [1.807, 2.05) is 36.7 Å². The molecule has 6 rings (SSSR count). The second-order valence-corrected chi connectivity index (χ2v) is 10.1. The summed E-state index contributed by atoms with van der Waals surface area (Å²) in [7, 11) is 0. The van der Waals surface area contributed by atoms with Gasteiger partial charge >= 0.3 is 0 Å². The first-order valence-corrected chi connectivity index (χ1v) is 13.3. The van der Waals surface area contributed by atoms with E-state index in [-0.39, 0.29) is 0 Å². The molecule has 4 aromatic heterocycles. The normalized spacial score (nSPS) is 15.4. The zero-order chi connectivity index (χ0) is 25.9. The van der Waals surface area contributed by atoms with E-state index in [1.54, 1.807) is 6.20 Å². The molecule has 0 atom stereocenters. The number of hydrogen-bond acceptors (Lipinski definition) is 4. The van der Waals surface area contributed by atoms with Crippen LogP contribution < -0.4 is 0 Å². The van der Waals surface area contributed by atoms with Gasteiger partial charge in [-0.2, -0.15) is 5.10 Å². The summed E-state index contributed by atoms with van der Waals surface area (Å²) in [6, 6.07) is 14.6. The second-order valence-electron chi connectivity index (χ2n) is 10.1. The number of rotatable bonds is 7. The third kappa shape index (κ3) is 4.83. The van der Waals surface area contributed by atoms with Crippen molar-refractivity contribution < 1.29 is 0 Å². The highest BCUT2D eigenvalue weighted by molar-refractivity contribution is 6.00. The Morgan fingerprint density at radius 2 is 1.87 bits per heavy atom. The van der Waals surface area contributed by atoms with Crippen molar-refractivity contribution in [1.82, 2.24) is 30.0 Å². The Balaban J connectivity index is 1.37. The quantitative estimate of drug-likeness (QED) is 0.232. The van der Waals surface area contributed by atoms with Crippen molar-refractivity contribution in [3.05, 3.63) is 97.0 Å². The standard InChI is InChI=1S/C32H32N6/c1-3-8-23(17-22(2)21-38-15-5-4-6-16-38)24-10-11-29-26(18-24)32(37-36-29)30-19-27-28(35-30)12-14-34-31(27)25-9-7-13-33-20-25/h3,7-14,17-20,35H,1,4-6,15-16,21H2,2H3,(H,36,37)/b22-17+,23-8+. The van der Waals surface area contributed by atoms with Crippen LogP contribution in [0.4, 0.5) is 0 Å². The molecule has 0 amide bonds. The van der Waals surface area contributed by atoms with Crippen molar-refractivity contribution >= 4 is 27.4 Å². The Kier molecular flexibility index (Phi) is 6.71. The van der Waals surface area contributed by atoms with E-state index in [0.717, 1.165) is 62.1 Å². The monoisotopic (exact) mass is 500 g/mol. The van der Waals surface area contributed by atoms with E-state index >= 15 is 0 Å². The molecule has 0 bridgehead atoms. The highest BCUT2D eigenvalue weighted by atomic mass is 15.1. The number of pyridine rings is 2. The van der Waals surface area contributed by atoms with Crippen molar-refractivity contribution in [3.63, 3.8) is 0 Å². The largest absolute Gasteiger partial charge is 0.353 e. The van der Waals surface area contributed by atoms with Crippen LogP contribution in [0.1, 0.15) is 31.7 Å². The van der Waals surface area contributed by atoms with Gasteiger partial charge in [0.05, 0.1) is 16.9 Å². The maximum absolute atomic E-state index is 4.70. The zero-order valence-electron chi connectivity index (χ0n) is 21.7. The number of hydrogen-bond donors (Lipinski definition) is 2. The lowest BCUT2D eigenvalue weighted by atomic mass is 9.99. The lowest BCUT2D eigenvalue weighted by Crippen LogP contribution is -2.31. The van der Waals surface area contributed by atoms with Gasteiger partial charge in [0.15, 0.2) is 0 Å². The van der Waals surface area contributed by atoms with Crippen molar-refractivity contribution in [2.24, 2.45) is 0 Å². The third-order valence-electron chi connectivity index (χ3n) is 7.26. The molecule has 6 heteroatoms. The van der Waals surface area contributed by atoms with Gasteiger partial charge in [-0.1, -0.05) is 42.9 Å². The van der Waals surface area contributed by atoms with E-state index in [4.69, 9.17) is 5.10 Å². The molecule has 0 unspecified atom stereocenters. The van der Waals surface area contributed by atoms with Crippen molar-refractivity contribution in [3.8, 4) is 22.6 Å². The first-order chi connectivity index (χ1) is 18.7.